The number of amides is 1. The van der Waals surface area contributed by atoms with Gasteiger partial charge in [0.15, 0.2) is 17.9 Å². The maximum Gasteiger partial charge on any atom is 0.411 e. The lowest BCUT2D eigenvalue weighted by molar-refractivity contribution is -0.248. The first-order valence-electron chi connectivity index (χ1n) is 14.3. The molecule has 1 saturated heterocycles. The minimum absolute atomic E-state index is 0.0157. The molecule has 0 radical (unpaired) electrons. The molecule has 0 saturated carbocycles. The van der Waals surface area contributed by atoms with Crippen LogP contribution < -0.4 is 11.1 Å². The van der Waals surface area contributed by atoms with Crippen LogP contribution in [-0.4, -0.2) is 74.8 Å². The highest BCUT2D eigenvalue weighted by Gasteiger charge is 2.48. The molecule has 45 heavy (non-hydrogen) atoms. The molecule has 0 bridgehead atoms. The maximum atomic E-state index is 13.6. The van der Waals surface area contributed by atoms with E-state index in [1.165, 1.54) is 12.1 Å². The summed E-state index contributed by atoms with van der Waals surface area (Å²) >= 11 is 5.89. The monoisotopic (exact) mass is 638 g/mol. The van der Waals surface area contributed by atoms with Crippen molar-refractivity contribution >= 4 is 34.9 Å². The molecule has 7 N–H and O–H groups in total. The molecule has 13 heteroatoms. The van der Waals surface area contributed by atoms with Crippen LogP contribution in [0.25, 0.3) is 0 Å². The molecule has 3 aromatic carbocycles. The summed E-state index contributed by atoms with van der Waals surface area (Å²) in [6, 6.07) is 11.6. The Labute approximate surface area is 262 Å². The molecule has 236 valence electrons. The molecular weight excluding hydrogens is 608 g/mol. The van der Waals surface area contributed by atoms with Crippen molar-refractivity contribution in [3.05, 3.63) is 86.9 Å². The largest absolute Gasteiger partial charge is 0.507 e. The molecule has 3 aliphatic rings. The number of aromatic hydroxyl groups is 2. The van der Waals surface area contributed by atoms with Crippen LogP contribution in [0.15, 0.2) is 48.5 Å². The van der Waals surface area contributed by atoms with E-state index in [2.05, 4.69) is 5.32 Å². The Bertz CT molecular complexity index is 1680. The number of carbonyl (C=O) groups excluding carboxylic acids is 3. The van der Waals surface area contributed by atoms with Gasteiger partial charge in [0.25, 0.3) is 0 Å². The second kappa shape index (κ2) is 11.7. The lowest BCUT2D eigenvalue weighted by atomic mass is 9.73. The number of aliphatic hydroxyl groups is 2. The van der Waals surface area contributed by atoms with Gasteiger partial charge < -0.3 is 40.4 Å². The van der Waals surface area contributed by atoms with E-state index in [0.29, 0.717) is 10.7 Å². The zero-order valence-corrected chi connectivity index (χ0v) is 24.8. The number of aliphatic hydroxyl groups excluding tert-OH is 1. The first kappa shape index (κ1) is 31.0. The highest BCUT2D eigenvalue weighted by molar-refractivity contribution is 6.31. The molecule has 0 aromatic heterocycles. The van der Waals surface area contributed by atoms with Crippen molar-refractivity contribution in [2.24, 2.45) is 5.73 Å². The smallest absolute Gasteiger partial charge is 0.411 e. The van der Waals surface area contributed by atoms with Crippen molar-refractivity contribution < 1.29 is 49.0 Å². The first-order valence-corrected chi connectivity index (χ1v) is 14.7. The summed E-state index contributed by atoms with van der Waals surface area (Å²) in [5.41, 5.74) is 3.90. The van der Waals surface area contributed by atoms with E-state index < -0.39 is 77.6 Å². The molecular formula is C32H31ClN2O10. The van der Waals surface area contributed by atoms with Crippen LogP contribution in [0.5, 0.6) is 11.5 Å². The number of phenolic OH excluding ortho intramolecular Hbond substituents is 2. The van der Waals surface area contributed by atoms with Crippen LogP contribution in [0.4, 0.5) is 10.5 Å². The third-order valence-electron chi connectivity index (χ3n) is 8.48. The lowest BCUT2D eigenvalue weighted by Crippen LogP contribution is -2.52. The van der Waals surface area contributed by atoms with Gasteiger partial charge in [-0.15, -0.1) is 0 Å². The number of phenols is 2. The molecule has 6 rings (SSSR count). The molecule has 6 atom stereocenters. The number of benzene rings is 3. The number of fused-ring (bicyclic) bond motifs is 3. The Morgan fingerprint density at radius 2 is 1.69 bits per heavy atom. The Morgan fingerprint density at radius 3 is 2.31 bits per heavy atom. The predicted molar refractivity (Wildman–Crippen MR) is 160 cm³/mol. The van der Waals surface area contributed by atoms with Gasteiger partial charge in [-0.2, -0.15) is 0 Å². The zero-order chi connectivity index (χ0) is 32.2. The summed E-state index contributed by atoms with van der Waals surface area (Å²) < 4.78 is 17.3. The highest BCUT2D eigenvalue weighted by Crippen LogP contribution is 2.52. The van der Waals surface area contributed by atoms with Gasteiger partial charge in [0.1, 0.15) is 23.7 Å². The quantitative estimate of drug-likeness (QED) is 0.175. The zero-order valence-electron chi connectivity index (χ0n) is 24.0. The van der Waals surface area contributed by atoms with Crippen molar-refractivity contribution in [2.75, 3.05) is 11.9 Å². The number of nitrogens with one attached hydrogen (secondary N) is 1. The number of hydrogen-bond donors (Lipinski definition) is 6. The van der Waals surface area contributed by atoms with Crippen LogP contribution in [-0.2, 0) is 20.6 Å². The standard InChI is InChI=1S/C32H31ClN2O10/c1-14-26(36)20(34)10-22(44-14)45-21-12-32(42,13-43-31(41)35-16-8-6-15(33)7-9-16)11-19-23(21)30(40)25-24(29(19)39)27(37)17-4-2-3-5-18(17)28(25)38/h2-9,14,20-22,26,36,39-40,42H,10-13,34H2,1H3,(H,35,41)/t14-,20+,21+,22+,26+,32?/m1/s1. The minimum atomic E-state index is -1.87. The molecule has 1 unspecified atom stereocenters. The SMILES string of the molecule is C[C@H]1O[C@@H](O[C@H]2CC(O)(COC(=O)Nc3ccc(Cl)cc3)Cc3c(O)c4c(c(O)c32)C(=O)c2ccccc2C4=O)C[C@H](N)[C@H]1O. The highest BCUT2D eigenvalue weighted by atomic mass is 35.5. The predicted octanol–water partition coefficient (Wildman–Crippen LogP) is 3.33. The fraction of sp³-hybridized carbons (Fsp3) is 0.344. The van der Waals surface area contributed by atoms with Crippen molar-refractivity contribution in [3.63, 3.8) is 0 Å². The second-order valence-electron chi connectivity index (χ2n) is 11.6. The number of ether oxygens (including phenoxy) is 3. The number of ketones is 2. The summed E-state index contributed by atoms with van der Waals surface area (Å²) in [6.45, 7) is 1.04. The van der Waals surface area contributed by atoms with E-state index >= 15 is 0 Å². The third-order valence-corrected chi connectivity index (χ3v) is 8.73. The fourth-order valence-corrected chi connectivity index (χ4v) is 6.35. The summed E-state index contributed by atoms with van der Waals surface area (Å²) in [5, 5.41) is 48.1. The van der Waals surface area contributed by atoms with Gasteiger partial charge >= 0.3 is 6.09 Å². The van der Waals surface area contributed by atoms with Gasteiger partial charge in [0.2, 0.25) is 0 Å². The fourth-order valence-electron chi connectivity index (χ4n) is 6.23. The molecule has 1 fully saturated rings. The summed E-state index contributed by atoms with van der Waals surface area (Å²) in [6.07, 6.45) is -5.37. The van der Waals surface area contributed by atoms with Crippen LogP contribution in [0.3, 0.4) is 0 Å². The Kier molecular flexibility index (Phi) is 8.06. The Hall–Kier alpha value is -4.04. The van der Waals surface area contributed by atoms with Crippen molar-refractivity contribution in [1.82, 2.24) is 0 Å². The van der Waals surface area contributed by atoms with E-state index in [-0.39, 0.29) is 47.1 Å². The van der Waals surface area contributed by atoms with Crippen LogP contribution in [0.1, 0.15) is 68.8 Å². The van der Waals surface area contributed by atoms with Crippen LogP contribution >= 0.6 is 11.6 Å². The van der Waals surface area contributed by atoms with E-state index in [4.69, 9.17) is 31.5 Å². The molecule has 1 amide bonds. The molecule has 3 aromatic rings. The van der Waals surface area contributed by atoms with Gasteiger partial charge in [-0.3, -0.25) is 14.9 Å². The van der Waals surface area contributed by atoms with Crippen molar-refractivity contribution in [1.29, 1.82) is 0 Å². The third kappa shape index (κ3) is 5.65. The summed E-state index contributed by atoms with van der Waals surface area (Å²) in [7, 11) is 0. The molecule has 1 heterocycles. The minimum Gasteiger partial charge on any atom is -0.507 e. The van der Waals surface area contributed by atoms with E-state index in [1.807, 2.05) is 0 Å². The van der Waals surface area contributed by atoms with Gasteiger partial charge in [-0.1, -0.05) is 35.9 Å². The number of carbonyl (C=O) groups is 3. The Morgan fingerprint density at radius 1 is 1.07 bits per heavy atom. The average molecular weight is 639 g/mol. The molecule has 12 nitrogen and oxygen atoms in total. The van der Waals surface area contributed by atoms with Gasteiger partial charge in [-0.25, -0.2) is 4.79 Å². The average Bonchev–Trinajstić information content (AvgIpc) is 3.00. The molecule has 2 aliphatic carbocycles. The molecule has 0 spiro atoms. The normalized spacial score (nSPS) is 27.3. The number of rotatable bonds is 5. The number of anilines is 1. The summed E-state index contributed by atoms with van der Waals surface area (Å²) in [4.78, 5) is 39.7. The Balaban J connectivity index is 1.36. The van der Waals surface area contributed by atoms with Crippen molar-refractivity contribution in [2.45, 2.75) is 62.4 Å². The molecule has 1 aliphatic heterocycles. The second-order valence-corrected chi connectivity index (χ2v) is 12.1. The van der Waals surface area contributed by atoms with Crippen molar-refractivity contribution in [3.8, 4) is 11.5 Å². The van der Waals surface area contributed by atoms with Crippen LogP contribution in [0.2, 0.25) is 5.02 Å². The topological polar surface area (TPSA) is 198 Å². The van der Waals surface area contributed by atoms with E-state index in [9.17, 15) is 34.8 Å². The van der Waals surface area contributed by atoms with Gasteiger partial charge in [0.05, 0.1) is 29.4 Å². The van der Waals surface area contributed by atoms with Gasteiger partial charge in [-0.05, 0) is 31.2 Å². The van der Waals surface area contributed by atoms with E-state index in [0.717, 1.165) is 0 Å². The van der Waals surface area contributed by atoms with E-state index in [1.54, 1.807) is 43.3 Å². The maximum absolute atomic E-state index is 13.6. The summed E-state index contributed by atoms with van der Waals surface area (Å²) in [5.74, 6) is -2.52. The number of nitrogens with two attached hydrogens (primary N) is 1. The van der Waals surface area contributed by atoms with Crippen LogP contribution in [0, 0.1) is 0 Å². The number of hydrogen-bond acceptors (Lipinski definition) is 11. The number of halogens is 1. The van der Waals surface area contributed by atoms with Gasteiger partial charge in [0, 0.05) is 58.3 Å². The first-order chi connectivity index (χ1) is 21.4. The lowest BCUT2D eigenvalue weighted by Gasteiger charge is -2.42.